The first-order valence-corrected chi connectivity index (χ1v) is 6.96. The van der Waals surface area contributed by atoms with Gasteiger partial charge < -0.3 is 9.13 Å². The van der Waals surface area contributed by atoms with Gasteiger partial charge in [0.25, 0.3) is 0 Å². The van der Waals surface area contributed by atoms with Crippen LogP contribution < -0.4 is 0 Å². The number of alkyl halides is 1. The van der Waals surface area contributed by atoms with Crippen molar-refractivity contribution in [3.8, 4) is 11.5 Å². The molecule has 0 bridgehead atoms. The number of rotatable bonds is 5. The molecule has 2 rings (SSSR count). The number of hydrogen-bond donors (Lipinski definition) is 0. The van der Waals surface area contributed by atoms with Crippen LogP contribution in [0.4, 0.5) is 0 Å². The first-order chi connectivity index (χ1) is 8.24. The minimum atomic E-state index is 0.690. The Kier molecular flexibility index (Phi) is 4.12. The lowest BCUT2D eigenvalue weighted by molar-refractivity contribution is 0.785. The van der Waals surface area contributed by atoms with E-state index in [1.54, 1.807) is 11.8 Å². The lowest BCUT2D eigenvalue weighted by Gasteiger charge is -2.04. The van der Waals surface area contributed by atoms with Crippen molar-refractivity contribution in [1.29, 1.82) is 0 Å². The molecule has 0 atom stereocenters. The van der Waals surface area contributed by atoms with Crippen LogP contribution in [0, 0.1) is 0 Å². The van der Waals surface area contributed by atoms with Crippen molar-refractivity contribution in [2.45, 2.75) is 11.6 Å². The molecule has 17 heavy (non-hydrogen) atoms. The molecule has 2 aromatic rings. The second kappa shape index (κ2) is 5.60. The van der Waals surface area contributed by atoms with Gasteiger partial charge in [-0.25, -0.2) is 0 Å². The predicted molar refractivity (Wildman–Crippen MR) is 71.5 cm³/mol. The first-order valence-electron chi connectivity index (χ1n) is 5.44. The Bertz CT molecular complexity index is 491. The molecule has 2 heterocycles. The zero-order valence-electron chi connectivity index (χ0n) is 9.93. The number of hydrogen-bond acceptors (Lipinski definition) is 3. The van der Waals surface area contributed by atoms with Crippen molar-refractivity contribution in [3.63, 3.8) is 0 Å². The fourth-order valence-electron chi connectivity index (χ4n) is 1.58. The number of aryl methyl sites for hydroxylation is 1. The van der Waals surface area contributed by atoms with Crippen LogP contribution in [0.1, 0.15) is 6.42 Å². The van der Waals surface area contributed by atoms with E-state index in [9.17, 15) is 0 Å². The Morgan fingerprint density at radius 3 is 2.82 bits per heavy atom. The summed E-state index contributed by atoms with van der Waals surface area (Å²) in [5, 5.41) is 9.38. The quantitative estimate of drug-likeness (QED) is 0.476. The second-order valence-electron chi connectivity index (χ2n) is 3.76. The van der Waals surface area contributed by atoms with Crippen molar-refractivity contribution in [3.05, 3.63) is 18.3 Å². The molecule has 4 nitrogen and oxygen atoms in total. The smallest absolute Gasteiger partial charge is 0.191 e. The molecule has 0 fully saturated rings. The van der Waals surface area contributed by atoms with Gasteiger partial charge in [0.05, 0.1) is 5.69 Å². The third kappa shape index (κ3) is 2.66. The fourth-order valence-corrected chi connectivity index (χ4v) is 2.72. The van der Waals surface area contributed by atoms with Crippen molar-refractivity contribution >= 4 is 23.4 Å². The maximum atomic E-state index is 5.66. The van der Waals surface area contributed by atoms with E-state index >= 15 is 0 Å². The number of thioether (sulfide) groups is 1. The van der Waals surface area contributed by atoms with Crippen LogP contribution in [-0.2, 0) is 14.1 Å². The summed E-state index contributed by atoms with van der Waals surface area (Å²) in [6.07, 6.45) is 2.99. The molecule has 0 saturated carbocycles. The summed E-state index contributed by atoms with van der Waals surface area (Å²) in [6, 6.07) is 4.04. The van der Waals surface area contributed by atoms with E-state index in [1.807, 2.05) is 41.6 Å². The van der Waals surface area contributed by atoms with E-state index in [-0.39, 0.29) is 0 Å². The monoisotopic (exact) mass is 270 g/mol. The molecule has 0 unspecified atom stereocenters. The fraction of sp³-hybridized carbons (Fsp3) is 0.455. The molecule has 6 heteroatoms. The highest BCUT2D eigenvalue weighted by Gasteiger charge is 2.12. The van der Waals surface area contributed by atoms with Crippen molar-refractivity contribution in [2.75, 3.05) is 11.6 Å². The molecule has 0 spiro atoms. The Hall–Kier alpha value is -0.940. The molecule has 0 radical (unpaired) electrons. The molecular weight excluding hydrogens is 256 g/mol. The van der Waals surface area contributed by atoms with Gasteiger partial charge in [-0.15, -0.1) is 21.8 Å². The van der Waals surface area contributed by atoms with Gasteiger partial charge in [0.1, 0.15) is 0 Å². The average Bonchev–Trinajstić information content (AvgIpc) is 2.87. The lowest BCUT2D eigenvalue weighted by atomic mass is 10.4. The summed E-state index contributed by atoms with van der Waals surface area (Å²) in [6.45, 7) is 0. The van der Waals surface area contributed by atoms with Crippen LogP contribution >= 0.6 is 23.4 Å². The molecule has 2 aromatic heterocycles. The van der Waals surface area contributed by atoms with Crippen LogP contribution in [0.5, 0.6) is 0 Å². The molecule has 0 aromatic carbocycles. The standard InChI is InChI=1S/C11H15ClN4S/c1-15-7-3-5-9(15)10-13-14-11(16(10)2)17-8-4-6-12/h3,5,7H,4,6,8H2,1-2H3. The molecular formula is C11H15ClN4S. The van der Waals surface area contributed by atoms with E-state index in [1.165, 1.54) is 0 Å². The van der Waals surface area contributed by atoms with Gasteiger partial charge in [-0.3, -0.25) is 0 Å². The molecule has 0 aliphatic rings. The Labute approximate surface area is 110 Å². The largest absolute Gasteiger partial charge is 0.348 e. The highest BCUT2D eigenvalue weighted by atomic mass is 35.5. The summed E-state index contributed by atoms with van der Waals surface area (Å²) >= 11 is 7.35. The summed E-state index contributed by atoms with van der Waals surface area (Å²) in [5.74, 6) is 2.56. The Morgan fingerprint density at radius 1 is 1.35 bits per heavy atom. The van der Waals surface area contributed by atoms with Crippen LogP contribution in [-0.4, -0.2) is 31.0 Å². The molecule has 0 amide bonds. The normalized spacial score (nSPS) is 11.0. The third-order valence-corrected chi connectivity index (χ3v) is 3.89. The van der Waals surface area contributed by atoms with Crippen LogP contribution in [0.3, 0.4) is 0 Å². The molecule has 0 aliphatic heterocycles. The highest BCUT2D eigenvalue weighted by Crippen LogP contribution is 2.22. The van der Waals surface area contributed by atoms with Crippen molar-refractivity contribution in [2.24, 2.45) is 14.1 Å². The van der Waals surface area contributed by atoms with E-state index in [0.717, 1.165) is 28.8 Å². The molecule has 0 aliphatic carbocycles. The highest BCUT2D eigenvalue weighted by molar-refractivity contribution is 7.99. The minimum Gasteiger partial charge on any atom is -0.348 e. The molecule has 0 saturated heterocycles. The summed E-state index contributed by atoms with van der Waals surface area (Å²) in [4.78, 5) is 0. The van der Waals surface area contributed by atoms with Gasteiger partial charge >= 0.3 is 0 Å². The zero-order valence-corrected chi connectivity index (χ0v) is 11.5. The van der Waals surface area contributed by atoms with Gasteiger partial charge in [-0.1, -0.05) is 11.8 Å². The second-order valence-corrected chi connectivity index (χ2v) is 5.20. The number of halogens is 1. The van der Waals surface area contributed by atoms with Crippen molar-refractivity contribution in [1.82, 2.24) is 19.3 Å². The Balaban J connectivity index is 2.18. The summed E-state index contributed by atoms with van der Waals surface area (Å²) < 4.78 is 4.06. The zero-order chi connectivity index (χ0) is 12.3. The predicted octanol–water partition coefficient (Wildman–Crippen LogP) is 2.54. The van der Waals surface area contributed by atoms with Gasteiger partial charge in [-0.05, 0) is 18.6 Å². The third-order valence-electron chi connectivity index (χ3n) is 2.52. The molecule has 0 N–H and O–H groups in total. The minimum absolute atomic E-state index is 0.690. The molecule has 92 valence electrons. The topological polar surface area (TPSA) is 35.6 Å². The van der Waals surface area contributed by atoms with Gasteiger partial charge in [-0.2, -0.15) is 0 Å². The lowest BCUT2D eigenvalue weighted by Crippen LogP contribution is -1.99. The van der Waals surface area contributed by atoms with Gasteiger partial charge in [0, 0.05) is 31.9 Å². The average molecular weight is 271 g/mol. The van der Waals surface area contributed by atoms with E-state index in [0.29, 0.717) is 5.88 Å². The summed E-state index contributed by atoms with van der Waals surface area (Å²) in [5.41, 5.74) is 1.07. The van der Waals surface area contributed by atoms with E-state index in [4.69, 9.17) is 11.6 Å². The maximum Gasteiger partial charge on any atom is 0.191 e. The van der Waals surface area contributed by atoms with Crippen LogP contribution in [0.15, 0.2) is 23.5 Å². The van der Waals surface area contributed by atoms with Crippen LogP contribution in [0.2, 0.25) is 0 Å². The maximum absolute atomic E-state index is 5.66. The van der Waals surface area contributed by atoms with E-state index in [2.05, 4.69) is 10.2 Å². The Morgan fingerprint density at radius 2 is 2.18 bits per heavy atom. The first kappa shape index (κ1) is 12.5. The van der Waals surface area contributed by atoms with Gasteiger partial charge in [0.2, 0.25) is 0 Å². The summed E-state index contributed by atoms with van der Waals surface area (Å²) in [7, 11) is 4.00. The van der Waals surface area contributed by atoms with Crippen LogP contribution in [0.25, 0.3) is 11.5 Å². The number of aromatic nitrogens is 4. The number of nitrogens with zero attached hydrogens (tertiary/aromatic N) is 4. The van der Waals surface area contributed by atoms with Crippen molar-refractivity contribution < 1.29 is 0 Å². The SMILES string of the molecule is Cn1cccc1-c1nnc(SCCCCl)n1C. The van der Waals surface area contributed by atoms with Gasteiger partial charge in [0.15, 0.2) is 11.0 Å². The van der Waals surface area contributed by atoms with E-state index < -0.39 is 0 Å².